The monoisotopic (exact) mass is 736 g/mol. The van der Waals surface area contributed by atoms with Crippen LogP contribution >= 0.6 is 0 Å². The third kappa shape index (κ3) is 6.48. The van der Waals surface area contributed by atoms with E-state index >= 15 is 0 Å². The number of fused-ring (bicyclic) bond motifs is 5. The summed E-state index contributed by atoms with van der Waals surface area (Å²) in [6.07, 6.45) is 6.35. The molecule has 7 aromatic rings. The minimum absolute atomic E-state index is 0.175. The van der Waals surface area contributed by atoms with Crippen LogP contribution in [0.4, 0.5) is 0 Å². The van der Waals surface area contributed by atoms with Crippen LogP contribution in [0, 0.1) is 0 Å². The minimum Gasteiger partial charge on any atom is -0.232 e. The van der Waals surface area contributed by atoms with Crippen molar-refractivity contribution in [3.05, 3.63) is 208 Å². The summed E-state index contributed by atoms with van der Waals surface area (Å²) >= 11 is 0. The first-order chi connectivity index (χ1) is 27.7. The Balaban J connectivity index is 0.986. The van der Waals surface area contributed by atoms with E-state index in [1.807, 2.05) is 0 Å². The van der Waals surface area contributed by atoms with Gasteiger partial charge in [-0.25, -0.2) is 9.98 Å². The van der Waals surface area contributed by atoms with Gasteiger partial charge in [0.15, 0.2) is 5.84 Å². The van der Waals surface area contributed by atoms with E-state index in [0.717, 1.165) is 40.4 Å². The molecular formula is C55H48N2. The lowest BCUT2D eigenvalue weighted by Gasteiger charge is -2.42. The molecule has 57 heavy (non-hydrogen) atoms. The number of benzene rings is 7. The highest BCUT2D eigenvalue weighted by Crippen LogP contribution is 2.53. The third-order valence-corrected chi connectivity index (χ3v) is 13.0. The molecule has 0 radical (unpaired) electrons. The molecule has 1 heterocycles. The molecular weight excluding hydrogens is 689 g/mol. The number of rotatable bonds is 6. The molecule has 3 aliphatic rings. The van der Waals surface area contributed by atoms with Crippen molar-refractivity contribution >= 4 is 28.0 Å². The molecule has 1 atom stereocenters. The summed E-state index contributed by atoms with van der Waals surface area (Å²) in [6, 6.07) is 57.8. The number of hydrogen-bond donors (Lipinski definition) is 0. The molecule has 2 aliphatic carbocycles. The second-order valence-electron chi connectivity index (χ2n) is 17.6. The largest absolute Gasteiger partial charge is 0.232 e. The third-order valence-electron chi connectivity index (χ3n) is 13.0. The molecule has 278 valence electrons. The molecule has 1 aliphatic heterocycles. The van der Waals surface area contributed by atoms with Crippen LogP contribution < -0.4 is 0 Å². The molecule has 0 spiro atoms. The van der Waals surface area contributed by atoms with Crippen molar-refractivity contribution in [1.29, 1.82) is 0 Å². The fourth-order valence-electron chi connectivity index (χ4n) is 9.49. The van der Waals surface area contributed by atoms with Gasteiger partial charge in [0, 0.05) is 17.9 Å². The number of hydrogen-bond acceptors (Lipinski definition) is 2. The summed E-state index contributed by atoms with van der Waals surface area (Å²) in [6.45, 7) is 9.74. The first-order valence-corrected chi connectivity index (χ1v) is 20.6. The topological polar surface area (TPSA) is 24.7 Å². The maximum Gasteiger partial charge on any atom is 0.160 e. The Labute approximate surface area is 337 Å². The molecule has 1 unspecified atom stereocenters. The van der Waals surface area contributed by atoms with Crippen LogP contribution in [0.1, 0.15) is 97.4 Å². The second kappa shape index (κ2) is 13.8. The maximum atomic E-state index is 5.31. The molecule has 0 aromatic heterocycles. The fourth-order valence-corrected chi connectivity index (χ4v) is 9.49. The summed E-state index contributed by atoms with van der Waals surface area (Å²) in [5, 5.41) is 2.39. The van der Waals surface area contributed by atoms with Crippen molar-refractivity contribution in [2.45, 2.75) is 70.1 Å². The Morgan fingerprint density at radius 1 is 0.491 bits per heavy atom. The van der Waals surface area contributed by atoms with Gasteiger partial charge in [-0.2, -0.15) is 0 Å². The molecule has 0 bridgehead atoms. The molecule has 2 heteroatoms. The summed E-state index contributed by atoms with van der Waals surface area (Å²) in [7, 11) is 0. The zero-order chi connectivity index (χ0) is 38.7. The van der Waals surface area contributed by atoms with E-state index in [0.29, 0.717) is 12.3 Å². The normalized spacial score (nSPS) is 17.8. The minimum atomic E-state index is 0.175. The van der Waals surface area contributed by atoms with Gasteiger partial charge in [0.05, 0.1) is 11.4 Å². The summed E-state index contributed by atoms with van der Waals surface area (Å²) in [4.78, 5) is 10.6. The van der Waals surface area contributed by atoms with Crippen LogP contribution in [0.5, 0.6) is 0 Å². The summed E-state index contributed by atoms with van der Waals surface area (Å²) < 4.78 is 0. The van der Waals surface area contributed by atoms with E-state index in [2.05, 4.69) is 191 Å². The van der Waals surface area contributed by atoms with Crippen molar-refractivity contribution in [2.75, 3.05) is 0 Å². The van der Waals surface area contributed by atoms with Crippen molar-refractivity contribution < 1.29 is 0 Å². The Hall–Kier alpha value is -6.12. The van der Waals surface area contributed by atoms with Crippen molar-refractivity contribution in [3.63, 3.8) is 0 Å². The van der Waals surface area contributed by atoms with Crippen LogP contribution in [0.3, 0.4) is 0 Å². The zero-order valence-electron chi connectivity index (χ0n) is 33.4. The maximum absolute atomic E-state index is 5.31. The molecule has 0 N–H and O–H groups in total. The first-order valence-electron chi connectivity index (χ1n) is 20.6. The fraction of sp³-hybridized carbons (Fsp3) is 0.200. The molecule has 0 saturated heterocycles. The van der Waals surface area contributed by atoms with Crippen LogP contribution in [-0.4, -0.2) is 11.5 Å². The van der Waals surface area contributed by atoms with E-state index < -0.39 is 0 Å². The van der Waals surface area contributed by atoms with Gasteiger partial charge in [-0.15, -0.1) is 0 Å². The van der Waals surface area contributed by atoms with Gasteiger partial charge >= 0.3 is 0 Å². The lowest BCUT2D eigenvalue weighted by Crippen LogP contribution is -2.34. The van der Waals surface area contributed by atoms with Crippen LogP contribution in [0.2, 0.25) is 0 Å². The van der Waals surface area contributed by atoms with Crippen LogP contribution in [0.25, 0.3) is 38.7 Å². The Bertz CT molecular complexity index is 2760. The number of amidine groups is 1. The quantitative estimate of drug-likeness (QED) is 0.162. The highest BCUT2D eigenvalue weighted by atomic mass is 14.9. The average molecular weight is 737 g/mol. The lowest BCUT2D eigenvalue weighted by atomic mass is 9.62. The highest BCUT2D eigenvalue weighted by molar-refractivity contribution is 6.16. The van der Waals surface area contributed by atoms with E-state index in [9.17, 15) is 0 Å². The van der Waals surface area contributed by atoms with E-state index in [4.69, 9.17) is 9.98 Å². The standard InChI is InChI=1S/C55H48N2/c1-54(2)30-31-55(3,4)50-35-48-46(44-16-10-11-17-45(44)47(48)34-49(50)54)32-36-18-20-40(21-19-36)51-28-29-52(41-25-22-39(23-26-41)37-12-6-5-7-13-37)57-53(56-51)43-27-24-38-14-8-9-15-42(38)33-43/h5-28,33-35,46H,29-32H2,1-4H3. The SMILES string of the molecule is CC1(C)CCC(C)(C)c2cc3c(cc21)-c1ccccc1C3Cc1ccc(C2=CCC(c3ccc(-c4ccccc4)cc3)=NC(c3ccc4ccccc4c3)=N2)cc1. The number of allylic oxidation sites excluding steroid dienone is 1. The Kier molecular flexibility index (Phi) is 8.56. The van der Waals surface area contributed by atoms with E-state index in [1.54, 1.807) is 5.56 Å². The average Bonchev–Trinajstić information content (AvgIpc) is 3.37. The molecule has 0 saturated carbocycles. The van der Waals surface area contributed by atoms with Gasteiger partial charge in [-0.3, -0.25) is 0 Å². The lowest BCUT2D eigenvalue weighted by molar-refractivity contribution is 0.331. The van der Waals surface area contributed by atoms with E-state index in [-0.39, 0.29) is 10.8 Å². The van der Waals surface area contributed by atoms with Gasteiger partial charge in [-0.1, -0.05) is 185 Å². The highest BCUT2D eigenvalue weighted by Gasteiger charge is 2.40. The van der Waals surface area contributed by atoms with Crippen LogP contribution in [-0.2, 0) is 17.3 Å². The Morgan fingerprint density at radius 3 is 1.88 bits per heavy atom. The van der Waals surface area contributed by atoms with Crippen molar-refractivity contribution in [1.82, 2.24) is 0 Å². The van der Waals surface area contributed by atoms with Gasteiger partial charge < -0.3 is 0 Å². The smallest absolute Gasteiger partial charge is 0.160 e. The first kappa shape index (κ1) is 35.3. The van der Waals surface area contributed by atoms with Crippen molar-refractivity contribution in [3.8, 4) is 22.3 Å². The number of nitrogens with zero attached hydrogens (tertiary/aromatic N) is 2. The molecule has 0 amide bonds. The predicted octanol–water partition coefficient (Wildman–Crippen LogP) is 13.9. The molecule has 2 nitrogen and oxygen atoms in total. The van der Waals surface area contributed by atoms with Gasteiger partial charge in [0.2, 0.25) is 0 Å². The summed E-state index contributed by atoms with van der Waals surface area (Å²) in [5.41, 5.74) is 18.2. The van der Waals surface area contributed by atoms with Crippen LogP contribution in [0.15, 0.2) is 174 Å². The van der Waals surface area contributed by atoms with E-state index in [1.165, 1.54) is 68.1 Å². The molecule has 10 rings (SSSR count). The van der Waals surface area contributed by atoms with Gasteiger partial charge in [-0.05, 0) is 108 Å². The number of aliphatic imine (C=N–C) groups is 2. The van der Waals surface area contributed by atoms with Crippen molar-refractivity contribution in [2.24, 2.45) is 9.98 Å². The molecule has 0 fully saturated rings. The second-order valence-corrected chi connectivity index (χ2v) is 17.6. The predicted molar refractivity (Wildman–Crippen MR) is 241 cm³/mol. The molecule has 7 aromatic carbocycles. The Morgan fingerprint density at radius 2 is 1.11 bits per heavy atom. The van der Waals surface area contributed by atoms with Gasteiger partial charge in [0.1, 0.15) is 0 Å². The van der Waals surface area contributed by atoms with Gasteiger partial charge in [0.25, 0.3) is 0 Å². The zero-order valence-corrected chi connectivity index (χ0v) is 33.4. The summed E-state index contributed by atoms with van der Waals surface area (Å²) in [5.74, 6) is 1.07.